The van der Waals surface area contributed by atoms with Gasteiger partial charge in [0.15, 0.2) is 0 Å². The molecule has 132 valence electrons. The van der Waals surface area contributed by atoms with Crippen LogP contribution in [0.15, 0.2) is 42.5 Å². The molecule has 0 radical (unpaired) electrons. The molecule has 8 heteroatoms. The molecule has 0 aliphatic heterocycles. The largest absolute Gasteiger partial charge is 0.379 e. The topological polar surface area (TPSA) is 75.5 Å². The number of hydrogen-bond acceptors (Lipinski definition) is 4. The molecule has 2 aromatic carbocycles. The minimum atomic E-state index is -0.461. The van der Waals surface area contributed by atoms with E-state index in [2.05, 4.69) is 5.32 Å². The van der Waals surface area contributed by atoms with E-state index in [-0.39, 0.29) is 24.6 Å². The monoisotopic (exact) mass is 381 g/mol. The summed E-state index contributed by atoms with van der Waals surface area (Å²) in [6.45, 7) is 0.626. The summed E-state index contributed by atoms with van der Waals surface area (Å²) in [6, 6.07) is 11.6. The highest BCUT2D eigenvalue weighted by molar-refractivity contribution is 6.42. The van der Waals surface area contributed by atoms with E-state index >= 15 is 0 Å². The molecule has 0 aliphatic carbocycles. The fourth-order valence-electron chi connectivity index (χ4n) is 2.29. The van der Waals surface area contributed by atoms with Crippen molar-refractivity contribution in [3.05, 3.63) is 68.2 Å². The Morgan fingerprint density at radius 2 is 1.92 bits per heavy atom. The van der Waals surface area contributed by atoms with Gasteiger partial charge in [-0.1, -0.05) is 47.5 Å². The second-order valence-corrected chi connectivity index (χ2v) is 6.20. The normalized spacial score (nSPS) is 10.4. The van der Waals surface area contributed by atoms with Crippen LogP contribution in [0.2, 0.25) is 10.0 Å². The number of carbonyl (C=O) groups excluding carboxylic acids is 1. The number of nitrogens with zero attached hydrogens (tertiary/aromatic N) is 2. The Kier molecular flexibility index (Phi) is 6.61. The van der Waals surface area contributed by atoms with Gasteiger partial charge < -0.3 is 10.2 Å². The van der Waals surface area contributed by atoms with Gasteiger partial charge in [0, 0.05) is 32.6 Å². The first-order valence-electron chi connectivity index (χ1n) is 7.54. The quantitative estimate of drug-likeness (QED) is 0.570. The van der Waals surface area contributed by atoms with Crippen molar-refractivity contribution in [3.8, 4) is 0 Å². The smallest absolute Gasteiger partial charge is 0.292 e. The van der Waals surface area contributed by atoms with Gasteiger partial charge in [-0.3, -0.25) is 14.9 Å². The zero-order valence-corrected chi connectivity index (χ0v) is 15.0. The summed E-state index contributed by atoms with van der Waals surface area (Å²) in [5.41, 5.74) is 1.13. The highest BCUT2D eigenvalue weighted by atomic mass is 35.5. The fraction of sp³-hybridized carbons (Fsp3) is 0.235. The van der Waals surface area contributed by atoms with Crippen molar-refractivity contribution >= 4 is 40.5 Å². The standard InChI is InChI=1S/C17H17Cl2N3O3/c1-21(11-12-5-4-6-13(18)17(12)19)16(23)9-10-20-14-7-2-3-8-15(14)22(24)25/h2-8,20H,9-11H2,1H3. The number of nitro groups is 1. The molecular formula is C17H17Cl2N3O3. The summed E-state index contributed by atoms with van der Waals surface area (Å²) < 4.78 is 0. The van der Waals surface area contributed by atoms with Crippen LogP contribution in [-0.4, -0.2) is 29.3 Å². The number of benzene rings is 2. The Bertz CT molecular complexity index is 783. The van der Waals surface area contributed by atoms with Gasteiger partial charge in [-0.15, -0.1) is 0 Å². The van der Waals surface area contributed by atoms with Crippen molar-refractivity contribution < 1.29 is 9.72 Å². The Hall–Kier alpha value is -2.31. The van der Waals surface area contributed by atoms with Gasteiger partial charge in [0.05, 0.1) is 15.0 Å². The zero-order valence-electron chi connectivity index (χ0n) is 13.5. The lowest BCUT2D eigenvalue weighted by molar-refractivity contribution is -0.384. The molecule has 0 saturated carbocycles. The molecule has 0 heterocycles. The van der Waals surface area contributed by atoms with E-state index in [1.165, 1.54) is 6.07 Å². The first-order chi connectivity index (χ1) is 11.9. The number of anilines is 1. The molecule has 2 aromatic rings. The maximum absolute atomic E-state index is 12.2. The van der Waals surface area contributed by atoms with E-state index in [1.54, 1.807) is 42.3 Å². The third-order valence-corrected chi connectivity index (χ3v) is 4.48. The molecule has 2 rings (SSSR count). The molecule has 1 N–H and O–H groups in total. The SMILES string of the molecule is CN(Cc1cccc(Cl)c1Cl)C(=O)CCNc1ccccc1[N+](=O)[O-]. The Labute approximate surface area is 155 Å². The molecule has 1 amide bonds. The van der Waals surface area contributed by atoms with Crippen molar-refractivity contribution in [1.29, 1.82) is 0 Å². The summed E-state index contributed by atoms with van der Waals surface area (Å²) >= 11 is 12.1. The van der Waals surface area contributed by atoms with Gasteiger partial charge in [0.1, 0.15) is 5.69 Å². The van der Waals surface area contributed by atoms with Crippen molar-refractivity contribution in [1.82, 2.24) is 4.90 Å². The predicted octanol–water partition coefficient (Wildman–Crippen LogP) is 4.36. The Balaban J connectivity index is 1.90. The van der Waals surface area contributed by atoms with Crippen LogP contribution in [0.5, 0.6) is 0 Å². The molecule has 0 aromatic heterocycles. The van der Waals surface area contributed by atoms with Crippen molar-refractivity contribution in [2.45, 2.75) is 13.0 Å². The van der Waals surface area contributed by atoms with E-state index in [4.69, 9.17) is 23.2 Å². The van der Waals surface area contributed by atoms with Crippen LogP contribution in [0.1, 0.15) is 12.0 Å². The van der Waals surface area contributed by atoms with E-state index < -0.39 is 4.92 Å². The summed E-state index contributed by atoms with van der Waals surface area (Å²) in [5.74, 6) is -0.109. The summed E-state index contributed by atoms with van der Waals surface area (Å²) in [4.78, 5) is 24.3. The fourth-order valence-corrected chi connectivity index (χ4v) is 2.67. The average Bonchev–Trinajstić information content (AvgIpc) is 2.59. The lowest BCUT2D eigenvalue weighted by Crippen LogP contribution is -2.28. The first kappa shape index (κ1) is 19.0. The molecule has 0 fully saturated rings. The minimum absolute atomic E-state index is 0.0194. The third kappa shape index (κ3) is 5.08. The molecule has 0 spiro atoms. The lowest BCUT2D eigenvalue weighted by Gasteiger charge is -2.18. The molecule has 25 heavy (non-hydrogen) atoms. The van der Waals surface area contributed by atoms with Gasteiger partial charge in [0.25, 0.3) is 5.69 Å². The van der Waals surface area contributed by atoms with Crippen LogP contribution in [0.3, 0.4) is 0 Å². The number of amides is 1. The highest BCUT2D eigenvalue weighted by Gasteiger charge is 2.14. The van der Waals surface area contributed by atoms with E-state index in [1.807, 2.05) is 6.07 Å². The van der Waals surface area contributed by atoms with Crippen LogP contribution in [0.4, 0.5) is 11.4 Å². The molecule has 0 atom stereocenters. The number of halogens is 2. The van der Waals surface area contributed by atoms with Crippen molar-refractivity contribution in [2.24, 2.45) is 0 Å². The molecule has 6 nitrogen and oxygen atoms in total. The molecule has 0 aliphatic rings. The second-order valence-electron chi connectivity index (χ2n) is 5.41. The minimum Gasteiger partial charge on any atom is -0.379 e. The molecular weight excluding hydrogens is 365 g/mol. The number of para-hydroxylation sites is 2. The maximum Gasteiger partial charge on any atom is 0.292 e. The van der Waals surface area contributed by atoms with Gasteiger partial charge >= 0.3 is 0 Å². The summed E-state index contributed by atoms with van der Waals surface area (Å²) in [6.07, 6.45) is 0.195. The molecule has 0 unspecified atom stereocenters. The number of hydrogen-bond donors (Lipinski definition) is 1. The third-order valence-electron chi connectivity index (χ3n) is 3.62. The average molecular weight is 382 g/mol. The number of nitrogens with one attached hydrogen (secondary N) is 1. The molecule has 0 bridgehead atoms. The summed E-state index contributed by atoms with van der Waals surface area (Å²) in [7, 11) is 1.67. The van der Waals surface area contributed by atoms with Crippen LogP contribution < -0.4 is 5.32 Å². The van der Waals surface area contributed by atoms with E-state index in [9.17, 15) is 14.9 Å². The van der Waals surface area contributed by atoms with Crippen LogP contribution in [-0.2, 0) is 11.3 Å². The summed E-state index contributed by atoms with van der Waals surface area (Å²) in [5, 5.41) is 14.8. The van der Waals surface area contributed by atoms with E-state index in [0.29, 0.717) is 22.3 Å². The molecule has 0 saturated heterocycles. The highest BCUT2D eigenvalue weighted by Crippen LogP contribution is 2.26. The number of carbonyl (C=O) groups is 1. The Morgan fingerprint density at radius 3 is 2.64 bits per heavy atom. The number of rotatable bonds is 7. The van der Waals surface area contributed by atoms with Crippen LogP contribution in [0.25, 0.3) is 0 Å². The Morgan fingerprint density at radius 1 is 1.20 bits per heavy atom. The number of nitro benzene ring substituents is 1. The van der Waals surface area contributed by atoms with Crippen molar-refractivity contribution in [2.75, 3.05) is 18.9 Å². The first-order valence-corrected chi connectivity index (χ1v) is 8.30. The lowest BCUT2D eigenvalue weighted by atomic mass is 10.2. The van der Waals surface area contributed by atoms with Crippen LogP contribution >= 0.6 is 23.2 Å². The second kappa shape index (κ2) is 8.69. The zero-order chi connectivity index (χ0) is 18.4. The van der Waals surface area contributed by atoms with Crippen LogP contribution in [0, 0.1) is 10.1 Å². The predicted molar refractivity (Wildman–Crippen MR) is 99.1 cm³/mol. The maximum atomic E-state index is 12.2. The van der Waals surface area contributed by atoms with E-state index in [0.717, 1.165) is 5.56 Å². The van der Waals surface area contributed by atoms with Crippen molar-refractivity contribution in [3.63, 3.8) is 0 Å². The van der Waals surface area contributed by atoms with Gasteiger partial charge in [-0.2, -0.15) is 0 Å². The van der Waals surface area contributed by atoms with Gasteiger partial charge in [-0.05, 0) is 17.7 Å². The van der Waals surface area contributed by atoms with Gasteiger partial charge in [0.2, 0.25) is 5.91 Å². The van der Waals surface area contributed by atoms with Gasteiger partial charge in [-0.25, -0.2) is 0 Å².